The van der Waals surface area contributed by atoms with Gasteiger partial charge in [-0.15, -0.1) is 0 Å². The van der Waals surface area contributed by atoms with Gasteiger partial charge in [-0.05, 0) is 37.8 Å². The monoisotopic (exact) mass is 263 g/mol. The molecule has 0 aromatic heterocycles. The van der Waals surface area contributed by atoms with Crippen LogP contribution < -0.4 is 10.1 Å². The number of halogens is 1. The van der Waals surface area contributed by atoms with E-state index >= 15 is 0 Å². The van der Waals surface area contributed by atoms with Gasteiger partial charge in [-0.1, -0.05) is 19.9 Å². The second kappa shape index (κ2) is 4.48. The number of ether oxygens (including phenoxy) is 1. The van der Waals surface area contributed by atoms with Crippen molar-refractivity contribution in [2.45, 2.75) is 44.8 Å². The van der Waals surface area contributed by atoms with Crippen LogP contribution in [0.4, 0.5) is 4.39 Å². The molecule has 1 N–H and O–H groups in total. The van der Waals surface area contributed by atoms with E-state index in [9.17, 15) is 4.39 Å². The topological polar surface area (TPSA) is 21.3 Å². The molecular formula is C16H22FNO. The van der Waals surface area contributed by atoms with E-state index in [2.05, 4.69) is 19.2 Å². The Morgan fingerprint density at radius 3 is 2.68 bits per heavy atom. The summed E-state index contributed by atoms with van der Waals surface area (Å²) in [6.45, 7) is 4.53. The first-order valence-corrected chi connectivity index (χ1v) is 7.19. The predicted octanol–water partition coefficient (Wildman–Crippen LogP) is 3.67. The fourth-order valence-corrected chi connectivity index (χ4v) is 3.52. The second-order valence-electron chi connectivity index (χ2n) is 6.42. The zero-order valence-corrected chi connectivity index (χ0v) is 11.9. The van der Waals surface area contributed by atoms with Gasteiger partial charge in [0, 0.05) is 24.1 Å². The second-order valence-corrected chi connectivity index (χ2v) is 6.42. The molecule has 1 aliphatic carbocycles. The van der Waals surface area contributed by atoms with Gasteiger partial charge in [0.1, 0.15) is 17.2 Å². The molecule has 3 heteroatoms. The van der Waals surface area contributed by atoms with Crippen molar-refractivity contribution in [3.63, 3.8) is 0 Å². The number of rotatable bonds is 2. The van der Waals surface area contributed by atoms with E-state index < -0.39 is 0 Å². The Kier molecular flexibility index (Phi) is 3.05. The molecule has 1 saturated carbocycles. The normalized spacial score (nSPS) is 32.9. The third kappa shape index (κ3) is 2.14. The first-order chi connectivity index (χ1) is 9.03. The zero-order valence-electron chi connectivity index (χ0n) is 11.9. The lowest BCUT2D eigenvalue weighted by molar-refractivity contribution is -0.0869. The molecule has 1 atom stereocenters. The van der Waals surface area contributed by atoms with Gasteiger partial charge in [0.2, 0.25) is 0 Å². The molecule has 104 valence electrons. The Balaban J connectivity index is 1.86. The van der Waals surface area contributed by atoms with Crippen LogP contribution >= 0.6 is 0 Å². The standard InChI is InChI=1S/C16H22FNO/c1-10(2)11-7-16(8-11)9-14(18-3)13-5-4-12(17)6-15(13)19-16/h4-6,10-11,14,18H,7-9H2,1-3H3. The zero-order chi connectivity index (χ0) is 13.6. The van der Waals surface area contributed by atoms with Crippen molar-refractivity contribution >= 4 is 0 Å². The lowest BCUT2D eigenvalue weighted by Crippen LogP contribution is -2.54. The summed E-state index contributed by atoms with van der Waals surface area (Å²) >= 11 is 0. The van der Waals surface area contributed by atoms with Crippen LogP contribution in [0.2, 0.25) is 0 Å². The van der Waals surface area contributed by atoms with Crippen molar-refractivity contribution in [1.29, 1.82) is 0 Å². The lowest BCUT2D eigenvalue weighted by atomic mass is 9.62. The third-order valence-corrected chi connectivity index (χ3v) is 4.81. The van der Waals surface area contributed by atoms with Gasteiger partial charge in [-0.25, -0.2) is 4.39 Å². The van der Waals surface area contributed by atoms with Crippen molar-refractivity contribution in [3.05, 3.63) is 29.6 Å². The summed E-state index contributed by atoms with van der Waals surface area (Å²) in [4.78, 5) is 0. The van der Waals surface area contributed by atoms with Gasteiger partial charge in [-0.2, -0.15) is 0 Å². The summed E-state index contributed by atoms with van der Waals surface area (Å²) in [5.74, 6) is 1.96. The molecule has 0 radical (unpaired) electrons. The van der Waals surface area contributed by atoms with Crippen LogP contribution in [0, 0.1) is 17.7 Å². The first kappa shape index (κ1) is 12.9. The molecule has 1 aliphatic heterocycles. The fraction of sp³-hybridized carbons (Fsp3) is 0.625. The van der Waals surface area contributed by atoms with Gasteiger partial charge in [0.25, 0.3) is 0 Å². The quantitative estimate of drug-likeness (QED) is 0.879. The molecule has 0 saturated heterocycles. The van der Waals surface area contributed by atoms with Crippen LogP contribution in [-0.2, 0) is 0 Å². The van der Waals surface area contributed by atoms with Gasteiger partial charge in [0.15, 0.2) is 0 Å². The minimum Gasteiger partial charge on any atom is -0.487 e. The van der Waals surface area contributed by atoms with Crippen molar-refractivity contribution in [2.24, 2.45) is 11.8 Å². The highest BCUT2D eigenvalue weighted by Crippen LogP contribution is 2.53. The first-order valence-electron chi connectivity index (χ1n) is 7.19. The molecule has 3 rings (SSSR count). The summed E-state index contributed by atoms with van der Waals surface area (Å²) in [7, 11) is 1.97. The maximum absolute atomic E-state index is 13.4. The molecule has 1 aromatic carbocycles. The lowest BCUT2D eigenvalue weighted by Gasteiger charge is -2.53. The maximum Gasteiger partial charge on any atom is 0.127 e. The van der Waals surface area contributed by atoms with Crippen LogP contribution in [0.5, 0.6) is 5.75 Å². The van der Waals surface area contributed by atoms with Crippen molar-refractivity contribution in [3.8, 4) is 5.75 Å². The van der Waals surface area contributed by atoms with Gasteiger partial charge in [0.05, 0.1) is 0 Å². The smallest absolute Gasteiger partial charge is 0.127 e. The average molecular weight is 263 g/mol. The van der Waals surface area contributed by atoms with Crippen LogP contribution in [-0.4, -0.2) is 12.6 Å². The Morgan fingerprint density at radius 1 is 1.32 bits per heavy atom. The van der Waals surface area contributed by atoms with Crippen LogP contribution in [0.25, 0.3) is 0 Å². The largest absolute Gasteiger partial charge is 0.487 e. The van der Waals surface area contributed by atoms with Gasteiger partial charge < -0.3 is 10.1 Å². The van der Waals surface area contributed by atoms with Crippen LogP contribution in [0.1, 0.15) is 44.7 Å². The molecule has 1 heterocycles. The van der Waals surface area contributed by atoms with E-state index in [0.29, 0.717) is 5.92 Å². The Hall–Kier alpha value is -1.09. The summed E-state index contributed by atoms with van der Waals surface area (Å²) < 4.78 is 19.6. The van der Waals surface area contributed by atoms with Crippen molar-refractivity contribution < 1.29 is 9.13 Å². The fourth-order valence-electron chi connectivity index (χ4n) is 3.52. The molecule has 0 bridgehead atoms. The summed E-state index contributed by atoms with van der Waals surface area (Å²) in [5, 5.41) is 3.34. The molecule has 19 heavy (non-hydrogen) atoms. The molecule has 2 nitrogen and oxygen atoms in total. The van der Waals surface area contributed by atoms with E-state index in [4.69, 9.17) is 4.74 Å². The highest BCUT2D eigenvalue weighted by atomic mass is 19.1. The summed E-state index contributed by atoms with van der Waals surface area (Å²) in [5.41, 5.74) is 1.02. The highest BCUT2D eigenvalue weighted by molar-refractivity contribution is 5.40. The predicted molar refractivity (Wildman–Crippen MR) is 73.7 cm³/mol. The number of hydrogen-bond acceptors (Lipinski definition) is 2. The number of nitrogens with one attached hydrogen (secondary N) is 1. The molecule has 1 spiro atoms. The van der Waals surface area contributed by atoms with Crippen LogP contribution in [0.15, 0.2) is 18.2 Å². The number of benzene rings is 1. The molecule has 2 aliphatic rings. The van der Waals surface area contributed by atoms with E-state index in [-0.39, 0.29) is 17.5 Å². The maximum atomic E-state index is 13.4. The number of hydrogen-bond donors (Lipinski definition) is 1. The SMILES string of the molecule is CNC1CC2(CC(C(C)C)C2)Oc2cc(F)ccc21. The van der Waals surface area contributed by atoms with Gasteiger partial charge >= 0.3 is 0 Å². The Bertz CT molecular complexity index is 480. The summed E-state index contributed by atoms with van der Waals surface area (Å²) in [6.07, 6.45) is 3.18. The highest BCUT2D eigenvalue weighted by Gasteiger charge is 2.51. The van der Waals surface area contributed by atoms with E-state index in [1.807, 2.05) is 13.1 Å². The molecular weight excluding hydrogens is 241 g/mol. The molecule has 1 fully saturated rings. The molecule has 1 unspecified atom stereocenters. The third-order valence-electron chi connectivity index (χ3n) is 4.81. The average Bonchev–Trinajstić information content (AvgIpc) is 2.33. The Labute approximate surface area is 114 Å². The van der Waals surface area contributed by atoms with Gasteiger partial charge in [-0.3, -0.25) is 0 Å². The van der Waals surface area contributed by atoms with Crippen LogP contribution in [0.3, 0.4) is 0 Å². The van der Waals surface area contributed by atoms with E-state index in [1.54, 1.807) is 0 Å². The molecule has 1 aromatic rings. The minimum absolute atomic E-state index is 0.0661. The van der Waals surface area contributed by atoms with Crippen molar-refractivity contribution in [1.82, 2.24) is 5.32 Å². The number of fused-ring (bicyclic) bond motifs is 1. The van der Waals surface area contributed by atoms with Crippen molar-refractivity contribution in [2.75, 3.05) is 7.05 Å². The minimum atomic E-state index is -0.217. The Morgan fingerprint density at radius 2 is 2.05 bits per heavy atom. The van der Waals surface area contributed by atoms with E-state index in [1.165, 1.54) is 12.1 Å². The summed E-state index contributed by atoms with van der Waals surface area (Å²) in [6, 6.07) is 5.17. The van der Waals surface area contributed by atoms with E-state index in [0.717, 1.165) is 36.5 Å². The molecule has 0 amide bonds.